The first kappa shape index (κ1) is 16.8. The quantitative estimate of drug-likeness (QED) is 0.519. The third-order valence-corrected chi connectivity index (χ3v) is 4.11. The molecule has 0 atom stereocenters. The van der Waals surface area contributed by atoms with Crippen LogP contribution in [0, 0.1) is 6.92 Å². The Bertz CT molecular complexity index is 686. The Balaban J connectivity index is 2.15. The Hall–Kier alpha value is -1.52. The fourth-order valence-corrected chi connectivity index (χ4v) is 2.54. The highest BCUT2D eigenvalue weighted by Gasteiger charge is 2.10. The molecule has 0 aliphatic heterocycles. The summed E-state index contributed by atoms with van der Waals surface area (Å²) in [6.07, 6.45) is 0.328. The van der Waals surface area contributed by atoms with Gasteiger partial charge in [0.2, 0.25) is 0 Å². The summed E-state index contributed by atoms with van der Waals surface area (Å²) in [6, 6.07) is 11.0. The molecule has 3 nitrogen and oxygen atoms in total. The summed E-state index contributed by atoms with van der Waals surface area (Å²) in [5.41, 5.74) is 1.77. The minimum absolute atomic E-state index is 0.271. The van der Waals surface area contributed by atoms with Crippen molar-refractivity contribution in [2.45, 2.75) is 26.9 Å². The zero-order valence-electron chi connectivity index (χ0n) is 12.4. The van der Waals surface area contributed by atoms with Crippen molar-refractivity contribution in [3.05, 3.63) is 57.0 Å². The summed E-state index contributed by atoms with van der Waals surface area (Å²) in [4.78, 5) is 11.5. The molecule has 0 saturated carbocycles. The van der Waals surface area contributed by atoms with Crippen molar-refractivity contribution in [2.24, 2.45) is 0 Å². The van der Waals surface area contributed by atoms with E-state index in [0.717, 1.165) is 15.6 Å². The average Bonchev–Trinajstić information content (AvgIpc) is 2.50. The Kier molecular flexibility index (Phi) is 5.86. The number of hydrogen-bond donors (Lipinski definition) is 0. The SMILES string of the molecule is CCC(=O)Oc1ccccc1COc1cc(Cl)c(C)cc1Br. The van der Waals surface area contributed by atoms with Gasteiger partial charge in [-0.25, -0.2) is 0 Å². The van der Waals surface area contributed by atoms with Gasteiger partial charge in [-0.3, -0.25) is 4.79 Å². The maximum atomic E-state index is 11.5. The van der Waals surface area contributed by atoms with E-state index in [1.165, 1.54) is 0 Å². The maximum absolute atomic E-state index is 11.5. The van der Waals surface area contributed by atoms with Crippen LogP contribution in [0.15, 0.2) is 40.9 Å². The first-order chi connectivity index (χ1) is 10.5. The lowest BCUT2D eigenvalue weighted by atomic mass is 10.2. The van der Waals surface area contributed by atoms with Crippen LogP contribution in [0.5, 0.6) is 11.5 Å². The fourth-order valence-electron chi connectivity index (χ4n) is 1.81. The second-order valence-corrected chi connectivity index (χ2v) is 6.02. The number of carbonyl (C=O) groups excluding carboxylic acids is 1. The topological polar surface area (TPSA) is 35.5 Å². The lowest BCUT2D eigenvalue weighted by Gasteiger charge is -2.13. The highest BCUT2D eigenvalue weighted by molar-refractivity contribution is 9.10. The zero-order chi connectivity index (χ0) is 16.1. The number of para-hydroxylation sites is 1. The first-order valence-corrected chi connectivity index (χ1v) is 8.05. The van der Waals surface area contributed by atoms with E-state index in [-0.39, 0.29) is 12.6 Å². The van der Waals surface area contributed by atoms with Crippen LogP contribution < -0.4 is 9.47 Å². The summed E-state index contributed by atoms with van der Waals surface area (Å²) in [5, 5.41) is 0.642. The average molecular weight is 384 g/mol. The van der Waals surface area contributed by atoms with Crippen LogP contribution in [0.25, 0.3) is 0 Å². The molecule has 0 aliphatic carbocycles. The molecule has 0 heterocycles. The van der Waals surface area contributed by atoms with E-state index in [4.69, 9.17) is 21.1 Å². The van der Waals surface area contributed by atoms with E-state index >= 15 is 0 Å². The number of aryl methyl sites for hydroxylation is 1. The van der Waals surface area contributed by atoms with Crippen LogP contribution in [0.3, 0.4) is 0 Å². The van der Waals surface area contributed by atoms with Crippen LogP contribution >= 0.6 is 27.5 Å². The molecule has 116 valence electrons. The number of halogens is 2. The van der Waals surface area contributed by atoms with Crippen LogP contribution in [0.1, 0.15) is 24.5 Å². The summed E-state index contributed by atoms with van der Waals surface area (Å²) >= 11 is 9.57. The number of rotatable bonds is 5. The Morgan fingerprint density at radius 3 is 2.68 bits per heavy atom. The van der Waals surface area contributed by atoms with Gasteiger partial charge in [0.25, 0.3) is 0 Å². The predicted octanol–water partition coefficient (Wildman–Crippen LogP) is 5.31. The van der Waals surface area contributed by atoms with Crippen LogP contribution in [-0.4, -0.2) is 5.97 Å². The summed E-state index contributed by atoms with van der Waals surface area (Å²) in [7, 11) is 0. The van der Waals surface area contributed by atoms with Crippen molar-refractivity contribution in [1.29, 1.82) is 0 Å². The molecule has 0 N–H and O–H groups in total. The number of hydrogen-bond acceptors (Lipinski definition) is 3. The molecule has 0 bridgehead atoms. The largest absolute Gasteiger partial charge is 0.488 e. The fraction of sp³-hybridized carbons (Fsp3) is 0.235. The molecule has 0 aromatic heterocycles. The molecule has 0 aliphatic rings. The predicted molar refractivity (Wildman–Crippen MR) is 90.6 cm³/mol. The maximum Gasteiger partial charge on any atom is 0.310 e. The van der Waals surface area contributed by atoms with Gasteiger partial charge in [-0.05, 0) is 40.5 Å². The third-order valence-electron chi connectivity index (χ3n) is 3.08. The second-order valence-electron chi connectivity index (χ2n) is 4.76. The molecule has 0 radical (unpaired) electrons. The molecule has 0 saturated heterocycles. The Morgan fingerprint density at radius 1 is 1.23 bits per heavy atom. The van der Waals surface area contributed by atoms with Crippen molar-refractivity contribution >= 4 is 33.5 Å². The van der Waals surface area contributed by atoms with Crippen molar-refractivity contribution in [1.82, 2.24) is 0 Å². The van der Waals surface area contributed by atoms with Gasteiger partial charge in [0, 0.05) is 23.1 Å². The van der Waals surface area contributed by atoms with Gasteiger partial charge in [0.1, 0.15) is 18.1 Å². The highest BCUT2D eigenvalue weighted by atomic mass is 79.9. The molecule has 0 unspecified atom stereocenters. The van der Waals surface area contributed by atoms with Crippen molar-refractivity contribution in [3.63, 3.8) is 0 Å². The molecular formula is C17H16BrClO3. The zero-order valence-corrected chi connectivity index (χ0v) is 14.7. The third kappa shape index (κ3) is 4.24. The van der Waals surface area contributed by atoms with Gasteiger partial charge in [0.05, 0.1) is 4.47 Å². The first-order valence-electron chi connectivity index (χ1n) is 6.88. The van der Waals surface area contributed by atoms with E-state index in [1.807, 2.05) is 31.2 Å². The second kappa shape index (κ2) is 7.65. The van der Waals surface area contributed by atoms with Gasteiger partial charge in [0.15, 0.2) is 0 Å². The van der Waals surface area contributed by atoms with Gasteiger partial charge in [-0.1, -0.05) is 36.7 Å². The summed E-state index contributed by atoms with van der Waals surface area (Å²) < 4.78 is 11.9. The van der Waals surface area contributed by atoms with Crippen molar-refractivity contribution < 1.29 is 14.3 Å². The molecular weight excluding hydrogens is 368 g/mol. The molecule has 2 rings (SSSR count). The molecule has 0 amide bonds. The molecule has 5 heteroatoms. The minimum atomic E-state index is -0.271. The van der Waals surface area contributed by atoms with E-state index in [9.17, 15) is 4.79 Å². The summed E-state index contributed by atoms with van der Waals surface area (Å²) in [5.74, 6) is 0.892. The monoisotopic (exact) mass is 382 g/mol. The van der Waals surface area contributed by atoms with Crippen LogP contribution in [0.2, 0.25) is 5.02 Å². The van der Waals surface area contributed by atoms with Gasteiger partial charge in [-0.15, -0.1) is 0 Å². The van der Waals surface area contributed by atoms with Gasteiger partial charge < -0.3 is 9.47 Å². The molecule has 2 aromatic rings. The Morgan fingerprint density at radius 2 is 1.95 bits per heavy atom. The van der Waals surface area contributed by atoms with Crippen LogP contribution in [0.4, 0.5) is 0 Å². The normalized spacial score (nSPS) is 10.4. The lowest BCUT2D eigenvalue weighted by molar-refractivity contribution is -0.134. The highest BCUT2D eigenvalue weighted by Crippen LogP contribution is 2.32. The van der Waals surface area contributed by atoms with Crippen molar-refractivity contribution in [3.8, 4) is 11.5 Å². The van der Waals surface area contributed by atoms with Gasteiger partial charge in [-0.2, -0.15) is 0 Å². The summed E-state index contributed by atoms with van der Waals surface area (Å²) in [6.45, 7) is 3.97. The minimum Gasteiger partial charge on any atom is -0.488 e. The number of ether oxygens (including phenoxy) is 2. The van der Waals surface area contributed by atoms with E-state index in [0.29, 0.717) is 22.9 Å². The van der Waals surface area contributed by atoms with Gasteiger partial charge >= 0.3 is 5.97 Å². The molecule has 0 spiro atoms. The van der Waals surface area contributed by atoms with E-state index < -0.39 is 0 Å². The van der Waals surface area contributed by atoms with E-state index in [2.05, 4.69) is 15.9 Å². The molecule has 2 aromatic carbocycles. The number of carbonyl (C=O) groups is 1. The van der Waals surface area contributed by atoms with Crippen molar-refractivity contribution in [2.75, 3.05) is 0 Å². The number of esters is 1. The smallest absolute Gasteiger partial charge is 0.310 e. The molecule has 0 fully saturated rings. The standard InChI is InChI=1S/C17H16BrClO3/c1-3-17(20)22-15-7-5-4-6-12(15)10-21-16-9-14(19)11(2)8-13(16)18/h4-9H,3,10H2,1-2H3. The molecule has 22 heavy (non-hydrogen) atoms. The lowest BCUT2D eigenvalue weighted by Crippen LogP contribution is -2.08. The van der Waals surface area contributed by atoms with E-state index in [1.54, 1.807) is 19.1 Å². The van der Waals surface area contributed by atoms with Crippen LogP contribution in [-0.2, 0) is 11.4 Å². The number of benzene rings is 2. The Labute approximate surface area is 143 Å².